The molecular formula is C17H34N4O. The largest absolute Gasteiger partial charge is 0.384 e. The zero-order chi connectivity index (χ0) is 15.9. The second-order valence-electron chi connectivity index (χ2n) is 6.92. The van der Waals surface area contributed by atoms with Crippen molar-refractivity contribution in [2.75, 3.05) is 46.9 Å². The molecule has 0 radical (unpaired) electrons. The molecule has 2 saturated heterocycles. The van der Waals surface area contributed by atoms with Gasteiger partial charge < -0.3 is 15.0 Å². The molecule has 0 saturated carbocycles. The van der Waals surface area contributed by atoms with E-state index in [1.54, 1.807) is 7.11 Å². The summed E-state index contributed by atoms with van der Waals surface area (Å²) in [6.07, 6.45) is 5.26. The van der Waals surface area contributed by atoms with Crippen LogP contribution in [0.5, 0.6) is 0 Å². The molecule has 5 nitrogen and oxygen atoms in total. The molecule has 2 rings (SSSR count). The standard InChI is InChI=1S/C17H34N4O/c1-14-7-5-6-9-21(14)15(2)11-19-17(18-3)20-10-8-16(12-20)13-22-4/h14-16H,5-13H2,1-4H3,(H,18,19). The molecule has 0 aromatic rings. The maximum absolute atomic E-state index is 5.28. The number of aliphatic imine (C=N–C) groups is 1. The lowest BCUT2D eigenvalue weighted by Crippen LogP contribution is -2.50. The smallest absolute Gasteiger partial charge is 0.193 e. The summed E-state index contributed by atoms with van der Waals surface area (Å²) in [4.78, 5) is 9.48. The Labute approximate surface area is 136 Å². The average molecular weight is 310 g/mol. The van der Waals surface area contributed by atoms with Gasteiger partial charge in [-0.2, -0.15) is 0 Å². The first-order chi connectivity index (χ1) is 10.7. The summed E-state index contributed by atoms with van der Waals surface area (Å²) in [7, 11) is 3.68. The molecule has 0 aromatic carbocycles. The highest BCUT2D eigenvalue weighted by Gasteiger charge is 2.26. The van der Waals surface area contributed by atoms with E-state index in [-0.39, 0.29) is 0 Å². The highest BCUT2D eigenvalue weighted by Crippen LogP contribution is 2.19. The zero-order valence-corrected chi connectivity index (χ0v) is 14.8. The van der Waals surface area contributed by atoms with Crippen molar-refractivity contribution in [2.24, 2.45) is 10.9 Å². The number of hydrogen-bond acceptors (Lipinski definition) is 3. The molecule has 22 heavy (non-hydrogen) atoms. The normalized spacial score (nSPS) is 28.9. The average Bonchev–Trinajstić information content (AvgIpc) is 2.97. The highest BCUT2D eigenvalue weighted by molar-refractivity contribution is 5.80. The monoisotopic (exact) mass is 310 g/mol. The van der Waals surface area contributed by atoms with Crippen molar-refractivity contribution < 1.29 is 4.74 Å². The molecule has 2 aliphatic heterocycles. The molecule has 3 atom stereocenters. The van der Waals surface area contributed by atoms with Gasteiger partial charge in [0.2, 0.25) is 0 Å². The Morgan fingerprint density at radius 1 is 1.32 bits per heavy atom. The predicted molar refractivity (Wildman–Crippen MR) is 92.4 cm³/mol. The summed E-state index contributed by atoms with van der Waals surface area (Å²) in [6, 6.07) is 1.27. The molecule has 2 aliphatic rings. The maximum Gasteiger partial charge on any atom is 0.193 e. The van der Waals surface area contributed by atoms with E-state index in [0.717, 1.165) is 32.2 Å². The summed E-state index contributed by atoms with van der Waals surface area (Å²) >= 11 is 0. The van der Waals surface area contributed by atoms with Crippen molar-refractivity contribution >= 4 is 5.96 Å². The van der Waals surface area contributed by atoms with Crippen LogP contribution in [-0.2, 0) is 4.74 Å². The van der Waals surface area contributed by atoms with Gasteiger partial charge in [-0.3, -0.25) is 9.89 Å². The van der Waals surface area contributed by atoms with Crippen molar-refractivity contribution in [3.63, 3.8) is 0 Å². The third kappa shape index (κ3) is 4.59. The minimum atomic E-state index is 0.560. The van der Waals surface area contributed by atoms with Crippen molar-refractivity contribution in [3.05, 3.63) is 0 Å². The number of guanidine groups is 1. The van der Waals surface area contributed by atoms with Crippen molar-refractivity contribution in [1.82, 2.24) is 15.1 Å². The van der Waals surface area contributed by atoms with Gasteiger partial charge in [-0.25, -0.2) is 0 Å². The Kier molecular flexibility index (Phi) is 6.96. The second-order valence-corrected chi connectivity index (χ2v) is 6.92. The fourth-order valence-corrected chi connectivity index (χ4v) is 3.86. The second kappa shape index (κ2) is 8.73. The van der Waals surface area contributed by atoms with Crippen LogP contribution >= 0.6 is 0 Å². The summed E-state index contributed by atoms with van der Waals surface area (Å²) in [5.41, 5.74) is 0. The lowest BCUT2D eigenvalue weighted by molar-refractivity contribution is 0.115. The molecule has 3 unspecified atom stereocenters. The molecule has 2 heterocycles. The predicted octanol–water partition coefficient (Wildman–Crippen LogP) is 1.79. The molecule has 5 heteroatoms. The van der Waals surface area contributed by atoms with Crippen LogP contribution < -0.4 is 5.32 Å². The van der Waals surface area contributed by atoms with Crippen LogP contribution in [-0.4, -0.2) is 74.8 Å². The summed E-state index contributed by atoms with van der Waals surface area (Å²) in [5, 5.41) is 3.59. The van der Waals surface area contributed by atoms with E-state index in [4.69, 9.17) is 4.74 Å². The Morgan fingerprint density at radius 3 is 2.82 bits per heavy atom. The van der Waals surface area contributed by atoms with E-state index in [1.807, 2.05) is 7.05 Å². The van der Waals surface area contributed by atoms with Crippen LogP contribution in [0.1, 0.15) is 39.5 Å². The number of likely N-dealkylation sites (tertiary alicyclic amines) is 2. The number of methoxy groups -OCH3 is 1. The highest BCUT2D eigenvalue weighted by atomic mass is 16.5. The van der Waals surface area contributed by atoms with Gasteiger partial charge in [0, 0.05) is 51.8 Å². The number of nitrogens with zero attached hydrogens (tertiary/aromatic N) is 3. The van der Waals surface area contributed by atoms with Crippen LogP contribution in [0, 0.1) is 5.92 Å². The van der Waals surface area contributed by atoms with E-state index in [1.165, 1.54) is 32.2 Å². The summed E-state index contributed by atoms with van der Waals surface area (Å²) in [5.74, 6) is 1.69. The minimum Gasteiger partial charge on any atom is -0.384 e. The van der Waals surface area contributed by atoms with Gasteiger partial charge in [0.1, 0.15) is 0 Å². The van der Waals surface area contributed by atoms with E-state index >= 15 is 0 Å². The van der Waals surface area contributed by atoms with E-state index < -0.39 is 0 Å². The van der Waals surface area contributed by atoms with Gasteiger partial charge in [-0.15, -0.1) is 0 Å². The van der Waals surface area contributed by atoms with Gasteiger partial charge in [0.25, 0.3) is 0 Å². The van der Waals surface area contributed by atoms with Crippen LogP contribution in [0.4, 0.5) is 0 Å². The minimum absolute atomic E-state index is 0.560. The summed E-state index contributed by atoms with van der Waals surface area (Å²) in [6.45, 7) is 9.91. The van der Waals surface area contributed by atoms with Crippen molar-refractivity contribution in [3.8, 4) is 0 Å². The van der Waals surface area contributed by atoms with E-state index in [0.29, 0.717) is 18.0 Å². The maximum atomic E-state index is 5.28. The quantitative estimate of drug-likeness (QED) is 0.621. The Morgan fingerprint density at radius 2 is 2.14 bits per heavy atom. The third-order valence-corrected chi connectivity index (χ3v) is 5.18. The van der Waals surface area contributed by atoms with Gasteiger partial charge in [0.05, 0.1) is 6.61 Å². The van der Waals surface area contributed by atoms with Gasteiger partial charge in [-0.05, 0) is 39.7 Å². The van der Waals surface area contributed by atoms with Crippen LogP contribution in [0.15, 0.2) is 4.99 Å². The molecule has 0 aliphatic carbocycles. The first-order valence-corrected chi connectivity index (χ1v) is 8.86. The molecule has 0 spiro atoms. The first-order valence-electron chi connectivity index (χ1n) is 8.86. The molecule has 0 bridgehead atoms. The third-order valence-electron chi connectivity index (χ3n) is 5.18. The van der Waals surface area contributed by atoms with Crippen molar-refractivity contribution in [1.29, 1.82) is 0 Å². The van der Waals surface area contributed by atoms with E-state index in [9.17, 15) is 0 Å². The molecule has 2 fully saturated rings. The Bertz CT molecular complexity index is 361. The topological polar surface area (TPSA) is 40.1 Å². The zero-order valence-electron chi connectivity index (χ0n) is 14.8. The van der Waals surface area contributed by atoms with E-state index in [2.05, 4.69) is 34.0 Å². The first kappa shape index (κ1) is 17.5. The van der Waals surface area contributed by atoms with Gasteiger partial charge >= 0.3 is 0 Å². The molecular weight excluding hydrogens is 276 g/mol. The van der Waals surface area contributed by atoms with Crippen LogP contribution in [0.3, 0.4) is 0 Å². The van der Waals surface area contributed by atoms with Gasteiger partial charge in [-0.1, -0.05) is 6.42 Å². The number of ether oxygens (including phenoxy) is 1. The SMILES string of the molecule is CN=C(NCC(C)N1CCCCC1C)N1CCC(COC)C1. The molecule has 0 aromatic heterocycles. The molecule has 1 N–H and O–H groups in total. The number of rotatable bonds is 5. The fourth-order valence-electron chi connectivity index (χ4n) is 3.86. The summed E-state index contributed by atoms with van der Waals surface area (Å²) < 4.78 is 5.28. The fraction of sp³-hybridized carbons (Fsp3) is 0.941. The Hall–Kier alpha value is -0.810. The molecule has 0 amide bonds. The van der Waals surface area contributed by atoms with Gasteiger partial charge in [0.15, 0.2) is 5.96 Å². The lowest BCUT2D eigenvalue weighted by atomic mass is 10.0. The molecule has 128 valence electrons. The van der Waals surface area contributed by atoms with Crippen LogP contribution in [0.2, 0.25) is 0 Å². The van der Waals surface area contributed by atoms with Crippen LogP contribution in [0.25, 0.3) is 0 Å². The lowest BCUT2D eigenvalue weighted by Gasteiger charge is -2.38. The number of piperidine rings is 1. The number of hydrogen-bond donors (Lipinski definition) is 1. The Balaban J connectivity index is 1.79. The van der Waals surface area contributed by atoms with Crippen molar-refractivity contribution in [2.45, 2.75) is 51.6 Å². The number of nitrogens with one attached hydrogen (secondary N) is 1.